The highest BCUT2D eigenvalue weighted by molar-refractivity contribution is 5.92. The van der Waals surface area contributed by atoms with Gasteiger partial charge in [-0.25, -0.2) is 4.79 Å². The van der Waals surface area contributed by atoms with Gasteiger partial charge < -0.3 is 19.5 Å². The van der Waals surface area contributed by atoms with Crippen molar-refractivity contribution in [1.82, 2.24) is 5.32 Å². The van der Waals surface area contributed by atoms with Crippen molar-refractivity contribution >= 4 is 11.9 Å². The van der Waals surface area contributed by atoms with Gasteiger partial charge in [0.2, 0.25) is 0 Å². The molecule has 1 amide bonds. The minimum Gasteiger partial charge on any atom is -0.459 e. The first-order chi connectivity index (χ1) is 14.5. The van der Waals surface area contributed by atoms with Gasteiger partial charge in [-0.15, -0.1) is 0 Å². The van der Waals surface area contributed by atoms with Crippen LogP contribution in [0.5, 0.6) is 0 Å². The van der Waals surface area contributed by atoms with Gasteiger partial charge in [0.25, 0.3) is 5.91 Å². The molecule has 30 heavy (non-hydrogen) atoms. The molecule has 6 heteroatoms. The second kappa shape index (κ2) is 10.4. The zero-order valence-corrected chi connectivity index (χ0v) is 17.6. The zero-order valence-electron chi connectivity index (χ0n) is 17.6. The van der Waals surface area contributed by atoms with Gasteiger partial charge in [0.05, 0.1) is 6.04 Å². The van der Waals surface area contributed by atoms with E-state index >= 15 is 0 Å². The minimum atomic E-state index is -0.855. The Morgan fingerprint density at radius 3 is 2.23 bits per heavy atom. The Morgan fingerprint density at radius 1 is 1.00 bits per heavy atom. The van der Waals surface area contributed by atoms with Crippen LogP contribution in [0, 0.1) is 5.92 Å². The van der Waals surface area contributed by atoms with E-state index < -0.39 is 18.2 Å². The van der Waals surface area contributed by atoms with Crippen molar-refractivity contribution in [2.75, 3.05) is 7.11 Å². The first-order valence-electron chi connectivity index (χ1n) is 10.2. The lowest BCUT2D eigenvalue weighted by Crippen LogP contribution is -2.43. The fourth-order valence-corrected chi connectivity index (χ4v) is 3.51. The molecule has 0 bridgehead atoms. The number of epoxide rings is 1. The van der Waals surface area contributed by atoms with E-state index in [9.17, 15) is 9.59 Å². The number of nitrogens with one attached hydrogen (secondary N) is 1. The van der Waals surface area contributed by atoms with Crippen LogP contribution in [0.3, 0.4) is 0 Å². The van der Waals surface area contributed by atoms with Gasteiger partial charge in [-0.2, -0.15) is 0 Å². The molecule has 0 spiro atoms. The van der Waals surface area contributed by atoms with Crippen LogP contribution in [0.2, 0.25) is 0 Å². The Morgan fingerprint density at radius 2 is 1.63 bits per heavy atom. The predicted molar refractivity (Wildman–Crippen MR) is 112 cm³/mol. The molecule has 2 aromatic rings. The molecule has 0 aliphatic carbocycles. The van der Waals surface area contributed by atoms with E-state index in [1.54, 1.807) is 7.11 Å². The van der Waals surface area contributed by atoms with E-state index in [0.717, 1.165) is 17.5 Å². The molecule has 0 unspecified atom stereocenters. The van der Waals surface area contributed by atoms with E-state index in [-0.39, 0.29) is 24.7 Å². The molecule has 160 valence electrons. The number of rotatable bonds is 10. The maximum absolute atomic E-state index is 12.7. The maximum atomic E-state index is 12.7. The minimum absolute atomic E-state index is 0.156. The van der Waals surface area contributed by atoms with Crippen molar-refractivity contribution < 1.29 is 23.8 Å². The molecule has 0 radical (unpaired) electrons. The molecule has 2 aromatic carbocycles. The lowest BCUT2D eigenvalue weighted by Gasteiger charge is -2.28. The highest BCUT2D eigenvalue weighted by Crippen LogP contribution is 2.28. The summed E-state index contributed by atoms with van der Waals surface area (Å²) < 4.78 is 16.3. The van der Waals surface area contributed by atoms with Crippen LogP contribution < -0.4 is 5.32 Å². The van der Waals surface area contributed by atoms with Crippen LogP contribution in [0.4, 0.5) is 0 Å². The first-order valence-corrected chi connectivity index (χ1v) is 10.2. The second-order valence-corrected chi connectivity index (χ2v) is 7.88. The number of hydrogen-bond acceptors (Lipinski definition) is 5. The van der Waals surface area contributed by atoms with Crippen molar-refractivity contribution in [1.29, 1.82) is 0 Å². The van der Waals surface area contributed by atoms with Gasteiger partial charge in [-0.3, -0.25) is 4.79 Å². The largest absolute Gasteiger partial charge is 0.459 e. The number of esters is 1. The van der Waals surface area contributed by atoms with Crippen LogP contribution in [-0.2, 0) is 30.4 Å². The number of carbonyl (C=O) groups excluding carboxylic acids is 2. The molecular formula is C24H29NO5. The zero-order chi connectivity index (χ0) is 21.5. The van der Waals surface area contributed by atoms with Crippen molar-refractivity contribution in [3.8, 4) is 0 Å². The second-order valence-electron chi connectivity index (χ2n) is 7.88. The van der Waals surface area contributed by atoms with Crippen molar-refractivity contribution in [3.05, 3.63) is 71.8 Å². The van der Waals surface area contributed by atoms with Crippen LogP contribution >= 0.6 is 0 Å². The number of amides is 1. The quantitative estimate of drug-likeness (QED) is 0.479. The smallest absolute Gasteiger partial charge is 0.338 e. The van der Waals surface area contributed by atoms with Crippen molar-refractivity contribution in [2.45, 2.75) is 51.2 Å². The van der Waals surface area contributed by atoms with Gasteiger partial charge >= 0.3 is 5.97 Å². The number of methoxy groups -OCH3 is 1. The summed E-state index contributed by atoms with van der Waals surface area (Å²) in [6.45, 7) is 4.34. The molecule has 0 saturated carbocycles. The molecule has 0 aromatic heterocycles. The normalized spacial score (nSPS) is 19.7. The third kappa shape index (κ3) is 5.90. The summed E-state index contributed by atoms with van der Waals surface area (Å²) in [5.74, 6) is -0.491. The monoisotopic (exact) mass is 411 g/mol. The Hall–Kier alpha value is -2.70. The highest BCUT2D eigenvalue weighted by atomic mass is 16.6. The SMILES string of the molecule is CO[C@H](c1ccccc1)[C@H](CC(C)C)NC(=O)[C@H]1O[C@@H]1C(=O)OCc1ccccc1. The summed E-state index contributed by atoms with van der Waals surface area (Å²) in [5, 5.41) is 3.02. The van der Waals surface area contributed by atoms with Crippen LogP contribution in [0.1, 0.15) is 37.5 Å². The Bertz CT molecular complexity index is 824. The molecular weight excluding hydrogens is 382 g/mol. The van der Waals surface area contributed by atoms with E-state index in [2.05, 4.69) is 19.2 Å². The summed E-state index contributed by atoms with van der Waals surface area (Å²) in [6.07, 6.45) is -1.24. The van der Waals surface area contributed by atoms with E-state index in [4.69, 9.17) is 14.2 Å². The summed E-state index contributed by atoms with van der Waals surface area (Å²) in [4.78, 5) is 25.0. The Labute approximate surface area is 177 Å². The molecule has 4 atom stereocenters. The number of benzene rings is 2. The van der Waals surface area contributed by atoms with Crippen LogP contribution in [-0.4, -0.2) is 37.2 Å². The van der Waals surface area contributed by atoms with Gasteiger partial charge in [0, 0.05) is 7.11 Å². The van der Waals surface area contributed by atoms with Crippen LogP contribution in [0.25, 0.3) is 0 Å². The average Bonchev–Trinajstić information content (AvgIpc) is 3.55. The lowest BCUT2D eigenvalue weighted by molar-refractivity contribution is -0.146. The van der Waals surface area contributed by atoms with E-state index in [1.807, 2.05) is 60.7 Å². The Balaban J connectivity index is 1.57. The third-order valence-electron chi connectivity index (χ3n) is 5.01. The number of hydrogen-bond donors (Lipinski definition) is 1. The van der Waals surface area contributed by atoms with E-state index in [0.29, 0.717) is 5.92 Å². The van der Waals surface area contributed by atoms with E-state index in [1.165, 1.54) is 0 Å². The maximum Gasteiger partial charge on any atom is 0.338 e. The average molecular weight is 411 g/mol. The van der Waals surface area contributed by atoms with Gasteiger partial charge in [0.1, 0.15) is 12.7 Å². The van der Waals surface area contributed by atoms with Gasteiger partial charge in [-0.1, -0.05) is 74.5 Å². The third-order valence-corrected chi connectivity index (χ3v) is 5.01. The Kier molecular flexibility index (Phi) is 7.60. The van der Waals surface area contributed by atoms with Gasteiger partial charge in [0.15, 0.2) is 12.2 Å². The molecule has 1 saturated heterocycles. The van der Waals surface area contributed by atoms with Crippen molar-refractivity contribution in [3.63, 3.8) is 0 Å². The van der Waals surface area contributed by atoms with Crippen molar-refractivity contribution in [2.24, 2.45) is 5.92 Å². The fourth-order valence-electron chi connectivity index (χ4n) is 3.51. The molecule has 1 heterocycles. The first kappa shape index (κ1) is 22.0. The fraction of sp³-hybridized carbons (Fsp3) is 0.417. The molecule has 1 aliphatic heterocycles. The lowest BCUT2D eigenvalue weighted by atomic mass is 9.94. The van der Waals surface area contributed by atoms with Gasteiger partial charge in [-0.05, 0) is 23.5 Å². The highest BCUT2D eigenvalue weighted by Gasteiger charge is 2.52. The summed E-state index contributed by atoms with van der Waals surface area (Å²) in [6, 6.07) is 18.9. The molecule has 1 fully saturated rings. The molecule has 6 nitrogen and oxygen atoms in total. The number of carbonyl (C=O) groups is 2. The molecule has 1 N–H and O–H groups in total. The summed E-state index contributed by atoms with van der Waals surface area (Å²) >= 11 is 0. The van der Waals surface area contributed by atoms with Crippen LogP contribution in [0.15, 0.2) is 60.7 Å². The number of ether oxygens (including phenoxy) is 3. The topological polar surface area (TPSA) is 77.2 Å². The summed E-state index contributed by atoms with van der Waals surface area (Å²) in [7, 11) is 1.63. The molecule has 1 aliphatic rings. The standard InChI is InChI=1S/C24H29NO5/c1-16(2)14-19(20(28-3)18-12-8-5-9-13-18)25-23(26)21-22(30-21)24(27)29-15-17-10-6-4-7-11-17/h4-13,16,19-22H,14-15H2,1-3H3,(H,25,26)/t19-,20+,21-,22-/m0/s1. The summed E-state index contributed by atoms with van der Waals surface area (Å²) in [5.41, 5.74) is 1.87. The molecule has 3 rings (SSSR count). The predicted octanol–water partition coefficient (Wildman–Crippen LogP) is 3.42.